The Hall–Kier alpha value is -5.75. The van der Waals surface area contributed by atoms with E-state index in [9.17, 15) is 32.7 Å². The summed E-state index contributed by atoms with van der Waals surface area (Å²) in [6.07, 6.45) is -3.16. The van der Waals surface area contributed by atoms with E-state index in [0.717, 1.165) is 29.7 Å². The van der Waals surface area contributed by atoms with Crippen LogP contribution in [-0.2, 0) is 15.1 Å². The number of benzene rings is 3. The number of thiazole rings is 1. The molecule has 6 N–H and O–H groups in total. The van der Waals surface area contributed by atoms with Gasteiger partial charge in [-0.15, -0.1) is 0 Å². The van der Waals surface area contributed by atoms with Crippen LogP contribution in [0.2, 0.25) is 5.02 Å². The van der Waals surface area contributed by atoms with E-state index in [4.69, 9.17) is 16.3 Å². The van der Waals surface area contributed by atoms with Gasteiger partial charge in [0.2, 0.25) is 11.9 Å². The van der Waals surface area contributed by atoms with Gasteiger partial charge in [0.1, 0.15) is 11.3 Å². The fraction of sp³-hybridized carbons (Fsp3) is 0.286. The van der Waals surface area contributed by atoms with Gasteiger partial charge in [-0.3, -0.25) is 19.7 Å². The Bertz CT molecular complexity index is 2180. The summed E-state index contributed by atoms with van der Waals surface area (Å²) in [7, 11) is 0. The molecular weight excluding hydrogens is 751 g/mol. The second kappa shape index (κ2) is 15.3. The molecule has 5 aromatic rings. The van der Waals surface area contributed by atoms with Gasteiger partial charge in [-0.05, 0) is 72.4 Å². The quantitative estimate of drug-likeness (QED) is 0.0752. The Labute approximate surface area is 314 Å². The number of para-hydroxylation sites is 1. The van der Waals surface area contributed by atoms with E-state index in [0.29, 0.717) is 26.5 Å². The van der Waals surface area contributed by atoms with Crippen LogP contribution in [-0.4, -0.2) is 68.6 Å². The van der Waals surface area contributed by atoms with Gasteiger partial charge in [0.15, 0.2) is 11.7 Å². The number of ether oxygens (including phenoxy) is 1. The van der Waals surface area contributed by atoms with E-state index < -0.39 is 47.5 Å². The number of carbonyl (C=O) groups excluding carboxylic acids is 3. The zero-order valence-corrected chi connectivity index (χ0v) is 30.2. The normalized spacial score (nSPS) is 13.5. The number of phenols is 1. The summed E-state index contributed by atoms with van der Waals surface area (Å²) < 4.78 is 44.3. The zero-order valence-electron chi connectivity index (χ0n) is 28.7. The summed E-state index contributed by atoms with van der Waals surface area (Å²) in [5.74, 6) is -2.37. The average molecular weight is 784 g/mol. The van der Waals surface area contributed by atoms with E-state index in [2.05, 4.69) is 46.5 Å². The number of hydrogen-bond donors (Lipinski definition) is 6. The molecule has 0 bridgehead atoms. The summed E-state index contributed by atoms with van der Waals surface area (Å²) in [5.41, 5.74) is 0.764. The maximum atomic E-state index is 13.0. The third-order valence-corrected chi connectivity index (χ3v) is 9.35. The Kier molecular flexibility index (Phi) is 10.8. The molecule has 14 nitrogen and oxygen atoms in total. The molecule has 1 fully saturated rings. The van der Waals surface area contributed by atoms with Crippen molar-refractivity contribution in [1.29, 1.82) is 0 Å². The molecule has 0 spiro atoms. The van der Waals surface area contributed by atoms with Gasteiger partial charge in [0.25, 0.3) is 5.91 Å². The highest BCUT2D eigenvalue weighted by atomic mass is 35.5. The topological polar surface area (TPSA) is 192 Å². The maximum Gasteiger partial charge on any atom is 0.422 e. The minimum atomic E-state index is -4.61. The summed E-state index contributed by atoms with van der Waals surface area (Å²) >= 11 is 7.14. The van der Waals surface area contributed by atoms with Crippen LogP contribution in [0.25, 0.3) is 10.2 Å². The van der Waals surface area contributed by atoms with Gasteiger partial charge >= 0.3 is 24.0 Å². The Balaban J connectivity index is 1.03. The molecule has 1 saturated carbocycles. The number of halogens is 4. The van der Waals surface area contributed by atoms with Crippen LogP contribution in [0.5, 0.6) is 11.8 Å². The van der Waals surface area contributed by atoms with Crippen molar-refractivity contribution in [3.8, 4) is 11.8 Å². The van der Waals surface area contributed by atoms with Crippen molar-refractivity contribution >= 4 is 73.6 Å². The van der Waals surface area contributed by atoms with Gasteiger partial charge in [0.05, 0.1) is 10.2 Å². The Morgan fingerprint density at radius 2 is 1.57 bits per heavy atom. The van der Waals surface area contributed by atoms with Crippen LogP contribution in [0, 0.1) is 5.41 Å². The molecule has 2 heterocycles. The van der Waals surface area contributed by atoms with Crippen molar-refractivity contribution in [2.75, 3.05) is 35.6 Å². The molecule has 19 heteroatoms. The molecule has 3 amide bonds. The highest BCUT2D eigenvalue weighted by Gasteiger charge is 2.45. The van der Waals surface area contributed by atoms with Crippen molar-refractivity contribution in [2.45, 2.75) is 38.4 Å². The first-order valence-electron chi connectivity index (χ1n) is 16.4. The highest BCUT2D eigenvalue weighted by Crippen LogP contribution is 2.48. The van der Waals surface area contributed by atoms with Crippen LogP contribution in [0.15, 0.2) is 66.7 Å². The molecule has 0 saturated heterocycles. The minimum Gasteiger partial charge on any atom is -0.506 e. The summed E-state index contributed by atoms with van der Waals surface area (Å²) in [6.45, 7) is 2.18. The molecule has 3 aromatic carbocycles. The van der Waals surface area contributed by atoms with Gasteiger partial charge in [-0.1, -0.05) is 55.0 Å². The molecule has 54 heavy (non-hydrogen) atoms. The molecule has 6 rings (SSSR count). The monoisotopic (exact) mass is 783 g/mol. The van der Waals surface area contributed by atoms with Crippen LogP contribution < -0.4 is 31.3 Å². The van der Waals surface area contributed by atoms with E-state index in [1.165, 1.54) is 18.2 Å². The van der Waals surface area contributed by atoms with Crippen molar-refractivity contribution < 1.29 is 37.4 Å². The van der Waals surface area contributed by atoms with Crippen LogP contribution in [0.4, 0.5) is 35.9 Å². The number of rotatable bonds is 13. The number of anilines is 4. The number of nitrogens with one attached hydrogen (secondary N) is 5. The molecule has 2 aromatic heterocycles. The maximum absolute atomic E-state index is 13.0. The Morgan fingerprint density at radius 1 is 0.889 bits per heavy atom. The van der Waals surface area contributed by atoms with Crippen molar-refractivity contribution in [1.82, 2.24) is 30.6 Å². The van der Waals surface area contributed by atoms with Crippen molar-refractivity contribution in [2.24, 2.45) is 5.41 Å². The standard InChI is InChI=1S/C35H33ClF3N9O5S/c1-33(2,17-41-27(51)28(52)44-32-43-25-23(49)4-3-5-24(25)54-32)16-40-26(50)19-6-12-22(13-7-19)42-29-45-30(47-31(46-29)53-18-35(37,38)39)48-34(14-15-34)20-8-10-21(36)11-9-20/h3-13,49H,14-18H2,1-2H3,(H,40,50)(H,41,51)(H,43,44,52)(H2,42,45,46,47,48). The lowest BCUT2D eigenvalue weighted by atomic mass is 9.93. The van der Waals surface area contributed by atoms with Crippen LogP contribution in [0.3, 0.4) is 0 Å². The third kappa shape index (κ3) is 9.81. The number of fused-ring (bicyclic) bond motifs is 1. The molecule has 0 unspecified atom stereocenters. The highest BCUT2D eigenvalue weighted by molar-refractivity contribution is 7.22. The van der Waals surface area contributed by atoms with Crippen molar-refractivity contribution in [3.05, 3.63) is 82.9 Å². The number of carbonyl (C=O) groups is 3. The fourth-order valence-corrected chi connectivity index (χ4v) is 6.14. The number of aromatic hydroxyl groups is 1. The minimum absolute atomic E-state index is 0.00176. The molecule has 0 atom stereocenters. The number of amides is 3. The number of hydrogen-bond acceptors (Lipinski definition) is 12. The van der Waals surface area contributed by atoms with Gasteiger partial charge in [0, 0.05) is 29.4 Å². The zero-order chi connectivity index (χ0) is 38.7. The first kappa shape index (κ1) is 38.0. The van der Waals surface area contributed by atoms with Gasteiger partial charge in [-0.25, -0.2) is 4.98 Å². The largest absolute Gasteiger partial charge is 0.506 e. The van der Waals surface area contributed by atoms with Crippen LogP contribution in [0.1, 0.15) is 42.6 Å². The van der Waals surface area contributed by atoms with Gasteiger partial charge < -0.3 is 31.1 Å². The molecule has 282 valence electrons. The first-order chi connectivity index (χ1) is 25.6. The predicted molar refractivity (Wildman–Crippen MR) is 196 cm³/mol. The molecule has 0 radical (unpaired) electrons. The second-order valence-corrected chi connectivity index (χ2v) is 14.7. The van der Waals surface area contributed by atoms with Crippen molar-refractivity contribution in [3.63, 3.8) is 0 Å². The molecular formula is C35H33ClF3N9O5S. The lowest BCUT2D eigenvalue weighted by Crippen LogP contribution is -2.44. The van der Waals surface area contributed by atoms with E-state index >= 15 is 0 Å². The van der Waals surface area contributed by atoms with Gasteiger partial charge in [-0.2, -0.15) is 28.1 Å². The third-order valence-electron chi connectivity index (χ3n) is 8.16. The molecule has 0 aliphatic heterocycles. The summed E-state index contributed by atoms with van der Waals surface area (Å²) in [6, 6.07) is 17.7. The predicted octanol–water partition coefficient (Wildman–Crippen LogP) is 6.14. The van der Waals surface area contributed by atoms with E-state index in [-0.39, 0.29) is 35.9 Å². The first-order valence-corrected chi connectivity index (χ1v) is 17.6. The smallest absolute Gasteiger partial charge is 0.422 e. The van der Waals surface area contributed by atoms with E-state index in [1.54, 1.807) is 50.2 Å². The SMILES string of the molecule is CC(C)(CNC(=O)C(=O)Nc1nc2c(O)cccc2s1)CNC(=O)c1ccc(Nc2nc(NC3(c4ccc(Cl)cc4)CC3)nc(OCC(F)(F)F)n2)cc1. The van der Waals surface area contributed by atoms with Crippen LogP contribution >= 0.6 is 22.9 Å². The Morgan fingerprint density at radius 3 is 2.24 bits per heavy atom. The second-order valence-electron chi connectivity index (χ2n) is 13.2. The molecule has 1 aliphatic carbocycles. The fourth-order valence-electron chi connectivity index (χ4n) is 5.13. The average Bonchev–Trinajstić information content (AvgIpc) is 3.78. The lowest BCUT2D eigenvalue weighted by molar-refractivity contribution is -0.154. The van der Waals surface area contributed by atoms with E-state index in [1.807, 2.05) is 12.1 Å². The number of nitrogens with zero attached hydrogens (tertiary/aromatic N) is 4. The lowest BCUT2D eigenvalue weighted by Gasteiger charge is -2.25. The summed E-state index contributed by atoms with van der Waals surface area (Å²) in [5, 5.41) is 24.6. The number of aromatic nitrogens is 4. The molecule has 1 aliphatic rings. The number of phenolic OH excluding ortho intramolecular Hbond substituents is 1. The summed E-state index contributed by atoms with van der Waals surface area (Å²) in [4.78, 5) is 54.4. The number of alkyl halides is 3.